The first-order valence-electron chi connectivity index (χ1n) is 23.7. The van der Waals surface area contributed by atoms with Gasteiger partial charge in [-0.25, -0.2) is 0 Å². The van der Waals surface area contributed by atoms with Gasteiger partial charge in [-0.1, -0.05) is 77.0 Å². The lowest BCUT2D eigenvalue weighted by Gasteiger charge is -2.64. The van der Waals surface area contributed by atoms with Crippen LogP contribution in [0.2, 0.25) is 0 Å². The van der Waals surface area contributed by atoms with Gasteiger partial charge in [0.1, 0.15) is 0 Å². The van der Waals surface area contributed by atoms with Gasteiger partial charge in [0, 0.05) is 27.7 Å². The SMILES string of the molecule is C[C@H](CCC(=O)N[C@H]1CC[C@@]2(C)[C@@H](C1)C[C@@H](O)[C@@H]1[C@@H]2C[C@H](O)[C@@]2(C)[C@H]1CC[C@]2(I)[C@H](C)CCC(=O)O)[C@H]1CC[C@H]2[C@@H]3[C@H](O)C[C@@H]4CCCC[C@]4(C)[C@H]3C[C@H](O)[C@]12C. The lowest BCUT2D eigenvalue weighted by molar-refractivity contribution is -0.201. The smallest absolute Gasteiger partial charge is 0.303 e. The number of fused-ring (bicyclic) bond motifs is 10. The van der Waals surface area contributed by atoms with Gasteiger partial charge < -0.3 is 30.8 Å². The second-order valence-electron chi connectivity index (χ2n) is 23.0. The zero-order valence-electron chi connectivity index (χ0n) is 36.1. The van der Waals surface area contributed by atoms with Gasteiger partial charge in [-0.15, -0.1) is 0 Å². The maximum Gasteiger partial charge on any atom is 0.303 e. The Hall–Kier alpha value is -0.490. The number of hydrogen-bond acceptors (Lipinski definition) is 6. The number of carbonyl (C=O) groups excluding carboxylic acids is 1. The molecule has 6 N–H and O–H groups in total. The largest absolute Gasteiger partial charge is 0.481 e. The van der Waals surface area contributed by atoms with E-state index >= 15 is 0 Å². The molecule has 0 radical (unpaired) electrons. The maximum absolute atomic E-state index is 13.7. The second-order valence-corrected chi connectivity index (χ2v) is 24.9. The van der Waals surface area contributed by atoms with Gasteiger partial charge in [0.2, 0.25) is 5.91 Å². The summed E-state index contributed by atoms with van der Waals surface area (Å²) in [5.41, 5.74) is -0.352. The van der Waals surface area contributed by atoms with Gasteiger partial charge in [-0.3, -0.25) is 9.59 Å². The molecule has 0 spiro atoms. The van der Waals surface area contributed by atoms with Crippen LogP contribution in [0.15, 0.2) is 0 Å². The van der Waals surface area contributed by atoms with Crippen LogP contribution < -0.4 is 5.32 Å². The number of carboxylic acid groups (broad SMARTS) is 1. The van der Waals surface area contributed by atoms with Crippen LogP contribution in [0.4, 0.5) is 0 Å². The fourth-order valence-electron chi connectivity index (χ4n) is 17.8. The van der Waals surface area contributed by atoms with Crippen LogP contribution in [0.25, 0.3) is 0 Å². The quantitative estimate of drug-likeness (QED) is 0.100. The normalized spacial score (nSPS) is 53.9. The van der Waals surface area contributed by atoms with Crippen molar-refractivity contribution in [2.24, 2.45) is 86.8 Å². The summed E-state index contributed by atoms with van der Waals surface area (Å²) < 4.78 is -0.211. The van der Waals surface area contributed by atoms with Crippen molar-refractivity contribution in [3.8, 4) is 0 Å². The molecule has 0 unspecified atom stereocenters. The maximum atomic E-state index is 13.7. The number of hydrogen-bond donors (Lipinski definition) is 6. The van der Waals surface area contributed by atoms with Gasteiger partial charge in [0.25, 0.3) is 0 Å². The number of carbonyl (C=O) groups is 2. The summed E-state index contributed by atoms with van der Waals surface area (Å²) >= 11 is 2.58. The molecule has 1 amide bonds. The van der Waals surface area contributed by atoms with Crippen LogP contribution in [0.5, 0.6) is 0 Å². The average molecular weight is 908 g/mol. The van der Waals surface area contributed by atoms with Crippen LogP contribution in [0, 0.1) is 86.8 Å². The Morgan fingerprint density at radius 2 is 1.33 bits per heavy atom. The molecule has 57 heavy (non-hydrogen) atoms. The number of aliphatic hydroxyl groups excluding tert-OH is 4. The fraction of sp³-hybridized carbons (Fsp3) is 0.958. The fourth-order valence-corrected chi connectivity index (χ4v) is 19.2. The van der Waals surface area contributed by atoms with Crippen molar-refractivity contribution in [2.45, 2.75) is 197 Å². The lowest BCUT2D eigenvalue weighted by atomic mass is 9.43. The third-order valence-electron chi connectivity index (χ3n) is 21.2. The van der Waals surface area contributed by atoms with Crippen molar-refractivity contribution in [1.29, 1.82) is 0 Å². The van der Waals surface area contributed by atoms with Crippen LogP contribution in [0.1, 0.15) is 164 Å². The number of alkyl halides is 1. The van der Waals surface area contributed by atoms with E-state index in [0.29, 0.717) is 48.9 Å². The summed E-state index contributed by atoms with van der Waals surface area (Å²) in [4.78, 5) is 25.1. The Morgan fingerprint density at radius 1 is 0.684 bits per heavy atom. The molecule has 8 aliphatic carbocycles. The number of halogens is 1. The standard InChI is InChI=1S/C48H78INO7/c1-26(31-12-13-32-42-34(24-38(53)46(31,32)5)44(3)18-8-7-9-28(44)22-36(42)51)10-14-40(55)50-30-16-19-45(4)29(21-30)23-37(52)43-33-17-20-48(49,27(2)11-15-41(56)57)47(33,6)39(54)25-35(43)45/h26-39,42-43,51-54H,7-25H2,1-6H3,(H,50,55)(H,56,57)/t26-,27-,28+,29+,30+,31-,32+,33+,34+,35+,36-,37-,38+,39+,42+,43+,44+,45+,46-,47-,48+/m1/s1. The highest BCUT2D eigenvalue weighted by atomic mass is 127. The van der Waals surface area contributed by atoms with Crippen molar-refractivity contribution in [1.82, 2.24) is 5.32 Å². The van der Waals surface area contributed by atoms with E-state index in [1.165, 1.54) is 25.7 Å². The van der Waals surface area contributed by atoms with Gasteiger partial charge in [0.05, 0.1) is 24.4 Å². The third-order valence-corrected chi connectivity index (χ3v) is 23.9. The molecule has 0 heterocycles. The molecule has 0 aromatic carbocycles. The number of amides is 1. The minimum atomic E-state index is -0.768. The van der Waals surface area contributed by atoms with Gasteiger partial charge >= 0.3 is 5.97 Å². The number of nitrogens with one attached hydrogen (secondary N) is 1. The number of rotatable bonds is 9. The molecule has 0 aliphatic heterocycles. The molecule has 8 aliphatic rings. The molecule has 0 aromatic heterocycles. The summed E-state index contributed by atoms with van der Waals surface area (Å²) in [5, 5.41) is 60.7. The van der Waals surface area contributed by atoms with Crippen LogP contribution in [-0.4, -0.2) is 71.3 Å². The van der Waals surface area contributed by atoms with Crippen molar-refractivity contribution in [2.75, 3.05) is 0 Å². The molecule has 8 fully saturated rings. The molecule has 8 rings (SSSR count). The van der Waals surface area contributed by atoms with Crippen molar-refractivity contribution in [3.63, 3.8) is 0 Å². The zero-order chi connectivity index (χ0) is 41.0. The Balaban J connectivity index is 0.876. The predicted octanol–water partition coefficient (Wildman–Crippen LogP) is 8.54. The molecule has 324 valence electrons. The molecular formula is C48H78INO7. The lowest BCUT2D eigenvalue weighted by Crippen LogP contribution is -2.65. The van der Waals surface area contributed by atoms with Gasteiger partial charge in [-0.2, -0.15) is 0 Å². The second kappa shape index (κ2) is 15.4. The highest BCUT2D eigenvalue weighted by molar-refractivity contribution is 14.1. The molecule has 0 aromatic rings. The van der Waals surface area contributed by atoms with Gasteiger partial charge in [-0.05, 0) is 178 Å². The Bertz CT molecular complexity index is 1530. The third kappa shape index (κ3) is 6.57. The van der Waals surface area contributed by atoms with E-state index in [1.54, 1.807) is 0 Å². The van der Waals surface area contributed by atoms with Gasteiger partial charge in [0.15, 0.2) is 0 Å². The zero-order valence-corrected chi connectivity index (χ0v) is 38.3. The molecule has 9 heteroatoms. The van der Waals surface area contributed by atoms with Crippen LogP contribution in [0.3, 0.4) is 0 Å². The first-order chi connectivity index (χ1) is 26.8. The van der Waals surface area contributed by atoms with E-state index in [2.05, 4.69) is 69.5 Å². The first kappa shape index (κ1) is 43.2. The monoisotopic (exact) mass is 907 g/mol. The highest BCUT2D eigenvalue weighted by Gasteiger charge is 2.70. The van der Waals surface area contributed by atoms with Crippen LogP contribution >= 0.6 is 22.6 Å². The topological polar surface area (TPSA) is 147 Å². The Labute approximate surface area is 357 Å². The van der Waals surface area contributed by atoms with Crippen molar-refractivity contribution >= 4 is 34.5 Å². The number of carboxylic acids is 1. The number of aliphatic hydroxyl groups is 4. The first-order valence-corrected chi connectivity index (χ1v) is 24.8. The Morgan fingerprint density at radius 3 is 2.04 bits per heavy atom. The summed E-state index contributed by atoms with van der Waals surface area (Å²) in [6.45, 7) is 13.9. The molecule has 8 nitrogen and oxygen atoms in total. The van der Waals surface area contributed by atoms with E-state index in [-0.39, 0.29) is 91.2 Å². The molecule has 8 saturated carbocycles. The summed E-state index contributed by atoms with van der Waals surface area (Å²) in [5.74, 6) is 2.64. The van der Waals surface area contributed by atoms with E-state index in [0.717, 1.165) is 70.6 Å². The molecular weight excluding hydrogens is 829 g/mol. The summed E-state index contributed by atoms with van der Waals surface area (Å²) in [6, 6.07) is 0.0974. The van der Waals surface area contributed by atoms with Crippen LogP contribution in [-0.2, 0) is 9.59 Å². The van der Waals surface area contributed by atoms with E-state index in [1.807, 2.05) is 0 Å². The van der Waals surface area contributed by atoms with E-state index in [9.17, 15) is 35.1 Å². The van der Waals surface area contributed by atoms with E-state index in [4.69, 9.17) is 0 Å². The van der Waals surface area contributed by atoms with Crippen molar-refractivity contribution < 1.29 is 35.1 Å². The number of aliphatic carboxylic acids is 1. The highest BCUT2D eigenvalue weighted by Crippen LogP contribution is 2.72. The molecule has 0 bridgehead atoms. The predicted molar refractivity (Wildman–Crippen MR) is 230 cm³/mol. The molecule has 21 atom stereocenters. The summed E-state index contributed by atoms with van der Waals surface area (Å²) in [7, 11) is 0. The van der Waals surface area contributed by atoms with E-state index < -0.39 is 18.2 Å². The average Bonchev–Trinajstić information content (AvgIpc) is 3.66. The Kier molecular flexibility index (Phi) is 11.7. The minimum Gasteiger partial charge on any atom is -0.481 e. The van der Waals surface area contributed by atoms with Crippen molar-refractivity contribution in [3.05, 3.63) is 0 Å². The summed E-state index contributed by atoms with van der Waals surface area (Å²) in [6.07, 6.45) is 15.5. The molecule has 0 saturated heterocycles. The minimum absolute atomic E-state index is 0.00290.